The van der Waals surface area contributed by atoms with E-state index in [-0.39, 0.29) is 5.91 Å². The molecule has 0 aliphatic heterocycles. The molecule has 27 heavy (non-hydrogen) atoms. The molecular formula is C19H27N5O2S. The Kier molecular flexibility index (Phi) is 8.57. The number of rotatable bonds is 9. The van der Waals surface area contributed by atoms with E-state index in [4.69, 9.17) is 4.74 Å². The van der Waals surface area contributed by atoms with Crippen LogP contribution in [-0.4, -0.2) is 43.1 Å². The highest BCUT2D eigenvalue weighted by Crippen LogP contribution is 2.18. The van der Waals surface area contributed by atoms with E-state index < -0.39 is 0 Å². The van der Waals surface area contributed by atoms with Crippen molar-refractivity contribution >= 4 is 23.2 Å². The molecule has 0 saturated carbocycles. The molecule has 0 aliphatic rings. The molecule has 2 aromatic rings. The van der Waals surface area contributed by atoms with Gasteiger partial charge in [0.2, 0.25) is 0 Å². The van der Waals surface area contributed by atoms with E-state index in [1.807, 2.05) is 45.0 Å². The predicted molar refractivity (Wildman–Crippen MR) is 110 cm³/mol. The van der Waals surface area contributed by atoms with Crippen LogP contribution in [0.2, 0.25) is 0 Å². The van der Waals surface area contributed by atoms with Gasteiger partial charge in [-0.2, -0.15) is 0 Å². The molecule has 0 fully saturated rings. The monoisotopic (exact) mass is 389 g/mol. The Morgan fingerprint density at radius 3 is 2.67 bits per heavy atom. The van der Waals surface area contributed by atoms with E-state index in [0.29, 0.717) is 37.1 Å². The second kappa shape index (κ2) is 11.2. The lowest BCUT2D eigenvalue weighted by Gasteiger charge is -2.13. The Bertz CT molecular complexity index is 760. The van der Waals surface area contributed by atoms with Crippen LogP contribution in [0, 0.1) is 6.92 Å². The lowest BCUT2D eigenvalue weighted by atomic mass is 10.2. The van der Waals surface area contributed by atoms with Crippen LogP contribution in [0.1, 0.15) is 34.8 Å². The summed E-state index contributed by atoms with van der Waals surface area (Å²) in [5, 5.41) is 9.32. The third-order valence-electron chi connectivity index (χ3n) is 3.68. The zero-order chi connectivity index (χ0) is 19.5. The van der Waals surface area contributed by atoms with Gasteiger partial charge in [0.25, 0.3) is 5.91 Å². The van der Waals surface area contributed by atoms with Crippen molar-refractivity contribution in [3.05, 3.63) is 45.9 Å². The minimum absolute atomic E-state index is 0.0932. The van der Waals surface area contributed by atoms with Gasteiger partial charge in [-0.05, 0) is 26.8 Å². The Balaban J connectivity index is 1.85. The molecule has 0 bridgehead atoms. The summed E-state index contributed by atoms with van der Waals surface area (Å²) in [5.41, 5.74) is 3.47. The molecule has 0 spiro atoms. The van der Waals surface area contributed by atoms with Crippen LogP contribution in [0.25, 0.3) is 0 Å². The highest BCUT2D eigenvalue weighted by atomic mass is 32.1. The smallest absolute Gasteiger partial charge is 0.263 e. The summed E-state index contributed by atoms with van der Waals surface area (Å²) in [4.78, 5) is 21.4. The molecule has 1 amide bonds. The van der Waals surface area contributed by atoms with Crippen LogP contribution in [-0.2, 0) is 6.54 Å². The van der Waals surface area contributed by atoms with Gasteiger partial charge < -0.3 is 20.7 Å². The number of nitrogens with zero attached hydrogens (tertiary/aromatic N) is 2. The average molecular weight is 390 g/mol. The van der Waals surface area contributed by atoms with Crippen LogP contribution in [0.3, 0.4) is 0 Å². The molecule has 0 aliphatic carbocycles. The topological polar surface area (TPSA) is 87.6 Å². The molecule has 0 unspecified atom stereocenters. The summed E-state index contributed by atoms with van der Waals surface area (Å²) in [5.74, 6) is 1.46. The summed E-state index contributed by atoms with van der Waals surface area (Å²) in [6, 6.07) is 7.89. The zero-order valence-corrected chi connectivity index (χ0v) is 16.9. The third-order valence-corrected chi connectivity index (χ3v) is 4.61. The third kappa shape index (κ3) is 6.56. The van der Waals surface area contributed by atoms with E-state index in [0.717, 1.165) is 23.6 Å². The van der Waals surface area contributed by atoms with Gasteiger partial charge in [0, 0.05) is 25.2 Å². The molecule has 8 heteroatoms. The summed E-state index contributed by atoms with van der Waals surface area (Å²) < 4.78 is 5.64. The largest absolute Gasteiger partial charge is 0.494 e. The molecule has 3 N–H and O–H groups in total. The molecule has 7 nitrogen and oxygen atoms in total. The Morgan fingerprint density at radius 1 is 1.19 bits per heavy atom. The van der Waals surface area contributed by atoms with Crippen LogP contribution < -0.4 is 20.7 Å². The number of hydrogen-bond donors (Lipinski definition) is 3. The number of carbonyl (C=O) groups is 1. The molecular weight excluding hydrogens is 362 g/mol. The van der Waals surface area contributed by atoms with Crippen molar-refractivity contribution in [3.63, 3.8) is 0 Å². The van der Waals surface area contributed by atoms with E-state index in [9.17, 15) is 4.79 Å². The van der Waals surface area contributed by atoms with Gasteiger partial charge in [-0.1, -0.05) is 18.2 Å². The number of para-hydroxylation sites is 1. The number of ether oxygens (including phenoxy) is 1. The van der Waals surface area contributed by atoms with E-state index in [1.54, 1.807) is 5.51 Å². The molecule has 1 aromatic carbocycles. The first kappa shape index (κ1) is 20.7. The van der Waals surface area contributed by atoms with Gasteiger partial charge >= 0.3 is 0 Å². The first-order chi connectivity index (χ1) is 13.2. The second-order valence-electron chi connectivity index (χ2n) is 5.69. The number of aryl methyl sites for hydroxylation is 1. The first-order valence-corrected chi connectivity index (χ1v) is 9.94. The number of aromatic nitrogens is 1. The summed E-state index contributed by atoms with van der Waals surface area (Å²) in [7, 11) is 0. The fraction of sp³-hybridized carbons (Fsp3) is 0.421. The van der Waals surface area contributed by atoms with Crippen LogP contribution >= 0.6 is 11.3 Å². The quantitative estimate of drug-likeness (QED) is 0.348. The highest BCUT2D eigenvalue weighted by molar-refractivity contribution is 7.11. The van der Waals surface area contributed by atoms with Gasteiger partial charge in [-0.15, -0.1) is 11.3 Å². The Hall–Kier alpha value is -2.61. The standard InChI is InChI=1S/C19H27N5O2S/c1-4-20-19(23-12-15-8-6-7-9-16(15)26-5-2)22-11-10-21-18(25)17-14(3)24-13-27-17/h6-9,13H,4-5,10-12H2,1-3H3,(H,21,25)(H2,20,22,23). The Labute approximate surface area is 164 Å². The lowest BCUT2D eigenvalue weighted by Crippen LogP contribution is -2.41. The zero-order valence-electron chi connectivity index (χ0n) is 16.0. The van der Waals surface area contributed by atoms with Gasteiger partial charge in [0.05, 0.1) is 24.4 Å². The van der Waals surface area contributed by atoms with Crippen LogP contribution in [0.15, 0.2) is 34.8 Å². The highest BCUT2D eigenvalue weighted by Gasteiger charge is 2.10. The average Bonchev–Trinajstić information content (AvgIpc) is 3.10. The number of nitrogens with one attached hydrogen (secondary N) is 3. The van der Waals surface area contributed by atoms with Crippen molar-refractivity contribution in [2.24, 2.45) is 4.99 Å². The minimum atomic E-state index is -0.0932. The maximum atomic E-state index is 12.1. The number of benzene rings is 1. The normalized spacial score (nSPS) is 11.1. The molecule has 2 rings (SSSR count). The minimum Gasteiger partial charge on any atom is -0.494 e. The van der Waals surface area contributed by atoms with Gasteiger partial charge in [0.15, 0.2) is 5.96 Å². The van der Waals surface area contributed by atoms with E-state index >= 15 is 0 Å². The maximum absolute atomic E-state index is 12.1. The summed E-state index contributed by atoms with van der Waals surface area (Å²) in [6.07, 6.45) is 0. The van der Waals surface area contributed by atoms with Crippen molar-refractivity contribution in [1.29, 1.82) is 0 Å². The van der Waals surface area contributed by atoms with Crippen molar-refractivity contribution < 1.29 is 9.53 Å². The van der Waals surface area contributed by atoms with Crippen molar-refractivity contribution in [1.82, 2.24) is 20.9 Å². The molecule has 1 aromatic heterocycles. The number of guanidine groups is 1. The maximum Gasteiger partial charge on any atom is 0.263 e. The number of aliphatic imine (C=N–C) groups is 1. The summed E-state index contributed by atoms with van der Waals surface area (Å²) >= 11 is 1.35. The number of thiazole rings is 1. The van der Waals surface area contributed by atoms with Crippen molar-refractivity contribution in [3.8, 4) is 5.75 Å². The van der Waals surface area contributed by atoms with Crippen molar-refractivity contribution in [2.75, 3.05) is 26.2 Å². The van der Waals surface area contributed by atoms with Gasteiger partial charge in [-0.25, -0.2) is 9.98 Å². The summed E-state index contributed by atoms with van der Waals surface area (Å²) in [6.45, 7) is 8.77. The molecule has 0 saturated heterocycles. The van der Waals surface area contributed by atoms with Crippen LogP contribution in [0.4, 0.5) is 0 Å². The number of carbonyl (C=O) groups excluding carboxylic acids is 1. The van der Waals surface area contributed by atoms with Gasteiger partial charge in [-0.3, -0.25) is 4.79 Å². The fourth-order valence-electron chi connectivity index (χ4n) is 2.39. The number of hydrogen-bond acceptors (Lipinski definition) is 5. The lowest BCUT2D eigenvalue weighted by molar-refractivity contribution is 0.0957. The van der Waals surface area contributed by atoms with Gasteiger partial charge in [0.1, 0.15) is 10.6 Å². The molecule has 146 valence electrons. The first-order valence-electron chi connectivity index (χ1n) is 9.06. The molecule has 0 atom stereocenters. The number of amides is 1. The molecule has 1 heterocycles. The van der Waals surface area contributed by atoms with Crippen LogP contribution in [0.5, 0.6) is 5.75 Å². The second-order valence-corrected chi connectivity index (χ2v) is 6.54. The van der Waals surface area contributed by atoms with E-state index in [2.05, 4.69) is 25.9 Å². The van der Waals surface area contributed by atoms with E-state index in [1.165, 1.54) is 11.3 Å². The SMILES string of the molecule is CCNC(=NCc1ccccc1OCC)NCCNC(=O)c1scnc1C. The van der Waals surface area contributed by atoms with Crippen molar-refractivity contribution in [2.45, 2.75) is 27.3 Å². The fourth-order valence-corrected chi connectivity index (χ4v) is 3.11. The predicted octanol–water partition coefficient (Wildman–Crippen LogP) is 2.34. The Morgan fingerprint density at radius 2 is 1.96 bits per heavy atom. The molecule has 0 radical (unpaired) electrons.